The smallest absolute Gasteiger partial charge is 0.323 e. The Bertz CT molecular complexity index is 264. The van der Waals surface area contributed by atoms with Crippen molar-refractivity contribution in [2.45, 2.75) is 25.8 Å². The molecule has 0 N–H and O–H groups in total. The average molecular weight is 209 g/mol. The molecule has 3 aliphatic heterocycles. The second-order valence-corrected chi connectivity index (χ2v) is 4.45. The van der Waals surface area contributed by atoms with Crippen LogP contribution in [0.15, 0.2) is 12.7 Å². The van der Waals surface area contributed by atoms with E-state index in [1.807, 2.05) is 13.0 Å². The Morgan fingerprint density at radius 1 is 1.67 bits per heavy atom. The highest BCUT2D eigenvalue weighted by Gasteiger charge is 2.42. The Morgan fingerprint density at radius 3 is 3.00 bits per heavy atom. The molecular formula is C12H19NO2. The van der Waals surface area contributed by atoms with Crippen LogP contribution in [0.5, 0.6) is 0 Å². The summed E-state index contributed by atoms with van der Waals surface area (Å²) in [7, 11) is 0. The lowest BCUT2D eigenvalue weighted by atomic mass is 9.76. The van der Waals surface area contributed by atoms with Crippen molar-refractivity contribution >= 4 is 5.97 Å². The lowest BCUT2D eigenvalue weighted by Crippen LogP contribution is -2.56. The Kier molecular flexibility index (Phi) is 3.10. The van der Waals surface area contributed by atoms with Gasteiger partial charge in [-0.15, -0.1) is 6.58 Å². The summed E-state index contributed by atoms with van der Waals surface area (Å²) in [5.74, 6) is 1.18. The number of rotatable bonds is 3. The van der Waals surface area contributed by atoms with Crippen molar-refractivity contribution < 1.29 is 9.53 Å². The zero-order chi connectivity index (χ0) is 10.8. The molecule has 0 aliphatic carbocycles. The molecule has 0 saturated carbocycles. The molecule has 84 valence electrons. The fourth-order valence-electron chi connectivity index (χ4n) is 2.82. The molecule has 3 saturated heterocycles. The highest BCUT2D eigenvalue weighted by atomic mass is 16.5. The molecule has 3 heteroatoms. The predicted octanol–water partition coefficient (Wildman–Crippen LogP) is 1.45. The van der Waals surface area contributed by atoms with Gasteiger partial charge in [-0.05, 0) is 38.1 Å². The van der Waals surface area contributed by atoms with Gasteiger partial charge in [0.1, 0.15) is 6.04 Å². The van der Waals surface area contributed by atoms with Crippen LogP contribution in [-0.2, 0) is 9.53 Å². The highest BCUT2D eigenvalue weighted by Crippen LogP contribution is 2.36. The zero-order valence-electron chi connectivity index (χ0n) is 9.32. The summed E-state index contributed by atoms with van der Waals surface area (Å²) >= 11 is 0. The molecule has 0 amide bonds. The molecule has 3 fully saturated rings. The van der Waals surface area contributed by atoms with Gasteiger partial charge in [0.2, 0.25) is 0 Å². The van der Waals surface area contributed by atoms with E-state index in [0.717, 1.165) is 19.5 Å². The topological polar surface area (TPSA) is 29.5 Å². The predicted molar refractivity (Wildman–Crippen MR) is 58.4 cm³/mol. The second kappa shape index (κ2) is 4.35. The Balaban J connectivity index is 2.01. The maximum atomic E-state index is 11.7. The van der Waals surface area contributed by atoms with Gasteiger partial charge in [0, 0.05) is 6.54 Å². The molecule has 3 aliphatic rings. The van der Waals surface area contributed by atoms with Gasteiger partial charge >= 0.3 is 5.97 Å². The first kappa shape index (κ1) is 10.7. The Hall–Kier alpha value is -0.830. The first-order valence-corrected chi connectivity index (χ1v) is 5.79. The van der Waals surface area contributed by atoms with Crippen LogP contribution in [0.2, 0.25) is 0 Å². The summed E-state index contributed by atoms with van der Waals surface area (Å²) in [5, 5.41) is 0. The fraction of sp³-hybridized carbons (Fsp3) is 0.750. The maximum Gasteiger partial charge on any atom is 0.323 e. The van der Waals surface area contributed by atoms with Crippen LogP contribution in [0.3, 0.4) is 0 Å². The van der Waals surface area contributed by atoms with Crippen molar-refractivity contribution in [2.24, 2.45) is 11.8 Å². The number of carbonyl (C=O) groups excluding carboxylic acids is 1. The molecule has 3 rings (SSSR count). The van der Waals surface area contributed by atoms with E-state index in [4.69, 9.17) is 4.74 Å². The summed E-state index contributed by atoms with van der Waals surface area (Å²) in [4.78, 5) is 13.9. The van der Waals surface area contributed by atoms with Crippen molar-refractivity contribution in [3.63, 3.8) is 0 Å². The number of esters is 1. The molecule has 0 spiro atoms. The van der Waals surface area contributed by atoms with E-state index >= 15 is 0 Å². The fourth-order valence-corrected chi connectivity index (χ4v) is 2.82. The van der Waals surface area contributed by atoms with E-state index in [0.29, 0.717) is 18.4 Å². The van der Waals surface area contributed by atoms with E-state index in [1.54, 1.807) is 0 Å². The number of hydrogen-bond donors (Lipinski definition) is 0. The van der Waals surface area contributed by atoms with Crippen LogP contribution < -0.4 is 0 Å². The minimum Gasteiger partial charge on any atom is -0.465 e. The SMILES string of the molecule is C=C[C@H]1CN2CC[C@H]1C[C@@H]2C(=O)OCC. The summed E-state index contributed by atoms with van der Waals surface area (Å²) in [6.07, 6.45) is 4.19. The van der Waals surface area contributed by atoms with Gasteiger partial charge in [-0.2, -0.15) is 0 Å². The lowest BCUT2D eigenvalue weighted by Gasteiger charge is -2.47. The number of ether oxygens (including phenoxy) is 1. The van der Waals surface area contributed by atoms with Crippen molar-refractivity contribution in [1.29, 1.82) is 0 Å². The molecule has 0 aromatic carbocycles. The van der Waals surface area contributed by atoms with Gasteiger partial charge < -0.3 is 4.74 Å². The van der Waals surface area contributed by atoms with Gasteiger partial charge in [0.25, 0.3) is 0 Å². The molecule has 1 unspecified atom stereocenters. The minimum atomic E-state index is -0.0373. The first-order valence-electron chi connectivity index (χ1n) is 5.79. The van der Waals surface area contributed by atoms with Gasteiger partial charge in [0.05, 0.1) is 6.61 Å². The third-order valence-electron chi connectivity index (χ3n) is 3.67. The molecule has 0 aromatic rings. The van der Waals surface area contributed by atoms with Crippen molar-refractivity contribution in [3.8, 4) is 0 Å². The molecule has 2 bridgehead atoms. The highest BCUT2D eigenvalue weighted by molar-refractivity contribution is 5.76. The van der Waals surface area contributed by atoms with E-state index in [-0.39, 0.29) is 12.0 Å². The standard InChI is InChI=1S/C12H19NO2/c1-3-9-8-13-6-5-10(9)7-11(13)12(14)15-4-2/h3,9-11H,1,4-8H2,2H3/t9-,10-,11+/m0/s1. The van der Waals surface area contributed by atoms with Crippen LogP contribution in [-0.4, -0.2) is 36.6 Å². The third-order valence-corrected chi connectivity index (χ3v) is 3.67. The van der Waals surface area contributed by atoms with Gasteiger partial charge in [0.15, 0.2) is 0 Å². The molecular weight excluding hydrogens is 190 g/mol. The zero-order valence-corrected chi connectivity index (χ0v) is 9.32. The van der Waals surface area contributed by atoms with Crippen LogP contribution in [0.1, 0.15) is 19.8 Å². The maximum absolute atomic E-state index is 11.7. The lowest BCUT2D eigenvalue weighted by molar-refractivity contribution is -0.155. The summed E-state index contributed by atoms with van der Waals surface area (Å²) in [5.41, 5.74) is 0. The number of carbonyl (C=O) groups is 1. The van der Waals surface area contributed by atoms with Crippen LogP contribution in [0.25, 0.3) is 0 Å². The summed E-state index contributed by atoms with van der Waals surface area (Å²) in [6, 6.07) is 0.0138. The molecule has 4 atom stereocenters. The van der Waals surface area contributed by atoms with E-state index in [2.05, 4.69) is 11.5 Å². The number of fused-ring (bicyclic) bond motifs is 3. The van der Waals surface area contributed by atoms with E-state index in [9.17, 15) is 4.79 Å². The monoisotopic (exact) mass is 209 g/mol. The number of nitrogens with zero attached hydrogens (tertiary/aromatic N) is 1. The Labute approximate surface area is 91.1 Å². The van der Waals surface area contributed by atoms with Gasteiger partial charge in [-0.1, -0.05) is 6.08 Å². The van der Waals surface area contributed by atoms with Crippen molar-refractivity contribution in [1.82, 2.24) is 4.90 Å². The van der Waals surface area contributed by atoms with Crippen LogP contribution in [0.4, 0.5) is 0 Å². The molecule has 15 heavy (non-hydrogen) atoms. The summed E-state index contributed by atoms with van der Waals surface area (Å²) in [6.45, 7) is 8.24. The van der Waals surface area contributed by atoms with Gasteiger partial charge in [-0.25, -0.2) is 0 Å². The first-order chi connectivity index (χ1) is 7.26. The Morgan fingerprint density at radius 2 is 2.47 bits per heavy atom. The minimum absolute atomic E-state index is 0.0138. The molecule has 0 radical (unpaired) electrons. The number of hydrogen-bond acceptors (Lipinski definition) is 3. The quantitative estimate of drug-likeness (QED) is 0.520. The van der Waals surface area contributed by atoms with E-state index in [1.165, 1.54) is 6.42 Å². The molecule has 0 aromatic heterocycles. The van der Waals surface area contributed by atoms with Crippen molar-refractivity contribution in [2.75, 3.05) is 19.7 Å². The largest absolute Gasteiger partial charge is 0.465 e. The average Bonchev–Trinajstić information content (AvgIpc) is 2.29. The normalized spacial score (nSPS) is 38.7. The third kappa shape index (κ3) is 1.93. The summed E-state index contributed by atoms with van der Waals surface area (Å²) < 4.78 is 5.10. The van der Waals surface area contributed by atoms with Gasteiger partial charge in [-0.3, -0.25) is 9.69 Å². The van der Waals surface area contributed by atoms with Crippen LogP contribution >= 0.6 is 0 Å². The molecule has 3 heterocycles. The van der Waals surface area contributed by atoms with E-state index < -0.39 is 0 Å². The van der Waals surface area contributed by atoms with Crippen LogP contribution in [0, 0.1) is 11.8 Å². The number of piperidine rings is 3. The molecule has 3 nitrogen and oxygen atoms in total. The second-order valence-electron chi connectivity index (χ2n) is 4.45. The van der Waals surface area contributed by atoms with Crippen molar-refractivity contribution in [3.05, 3.63) is 12.7 Å².